The van der Waals surface area contributed by atoms with Gasteiger partial charge >= 0.3 is 6.03 Å². The van der Waals surface area contributed by atoms with E-state index in [2.05, 4.69) is 10.2 Å². The van der Waals surface area contributed by atoms with Gasteiger partial charge in [-0.05, 0) is 40.1 Å². The fourth-order valence-electron chi connectivity index (χ4n) is 1.77. The summed E-state index contributed by atoms with van der Waals surface area (Å²) in [5.41, 5.74) is 0.711. The number of anilines is 1. The molecule has 2 amide bonds. The summed E-state index contributed by atoms with van der Waals surface area (Å²) in [6.45, 7) is 6.69. The minimum atomic E-state index is -0.0958. The van der Waals surface area contributed by atoms with Gasteiger partial charge in [0.15, 0.2) is 0 Å². The minimum Gasteiger partial charge on any atom is -0.492 e. The van der Waals surface area contributed by atoms with Gasteiger partial charge < -0.3 is 19.9 Å². The quantitative estimate of drug-likeness (QED) is 0.834. The van der Waals surface area contributed by atoms with E-state index >= 15 is 0 Å². The Balaban J connectivity index is 2.68. The molecule has 0 aliphatic rings. The Morgan fingerprint density at radius 3 is 2.50 bits per heavy atom. The van der Waals surface area contributed by atoms with Crippen molar-refractivity contribution in [2.75, 3.05) is 45.7 Å². The van der Waals surface area contributed by atoms with Gasteiger partial charge in [0.2, 0.25) is 0 Å². The summed E-state index contributed by atoms with van der Waals surface area (Å²) in [6.07, 6.45) is 0. The highest BCUT2D eigenvalue weighted by atomic mass is 16.5. The molecule has 0 saturated carbocycles. The maximum Gasteiger partial charge on any atom is 0.321 e. The van der Waals surface area contributed by atoms with E-state index in [-0.39, 0.29) is 6.03 Å². The van der Waals surface area contributed by atoms with E-state index in [1.54, 1.807) is 4.90 Å². The van der Waals surface area contributed by atoms with Crippen molar-refractivity contribution >= 4 is 11.7 Å². The number of carbonyl (C=O) groups excluding carboxylic acids is 1. The zero-order valence-electron chi connectivity index (χ0n) is 12.8. The van der Waals surface area contributed by atoms with Crippen molar-refractivity contribution in [3.05, 3.63) is 24.3 Å². The molecule has 0 aliphatic carbocycles. The monoisotopic (exact) mass is 279 g/mol. The number of para-hydroxylation sites is 2. The third kappa shape index (κ3) is 5.09. The number of likely N-dealkylation sites (N-methyl/N-ethyl adjacent to an activating group) is 2. The van der Waals surface area contributed by atoms with Gasteiger partial charge in [0, 0.05) is 19.6 Å². The van der Waals surface area contributed by atoms with Gasteiger partial charge in [-0.15, -0.1) is 0 Å². The second-order valence-electron chi connectivity index (χ2n) is 4.74. The van der Waals surface area contributed by atoms with Gasteiger partial charge in [-0.3, -0.25) is 0 Å². The number of hydrogen-bond acceptors (Lipinski definition) is 3. The van der Waals surface area contributed by atoms with E-state index in [1.807, 2.05) is 52.2 Å². The van der Waals surface area contributed by atoms with Gasteiger partial charge in [-0.2, -0.15) is 0 Å². The molecule has 1 aromatic rings. The van der Waals surface area contributed by atoms with Crippen LogP contribution in [0.1, 0.15) is 13.8 Å². The largest absolute Gasteiger partial charge is 0.492 e. The lowest BCUT2D eigenvalue weighted by atomic mass is 10.3. The van der Waals surface area contributed by atoms with Gasteiger partial charge in [0.25, 0.3) is 0 Å². The molecule has 0 aromatic heterocycles. The predicted octanol–water partition coefficient (Wildman–Crippen LogP) is 2.50. The van der Waals surface area contributed by atoms with Crippen molar-refractivity contribution < 1.29 is 9.53 Å². The number of hydrogen-bond donors (Lipinski definition) is 1. The molecular weight excluding hydrogens is 254 g/mol. The van der Waals surface area contributed by atoms with Crippen molar-refractivity contribution in [2.24, 2.45) is 0 Å². The zero-order chi connectivity index (χ0) is 15.0. The summed E-state index contributed by atoms with van der Waals surface area (Å²) in [4.78, 5) is 16.1. The first-order chi connectivity index (χ1) is 9.58. The van der Waals surface area contributed by atoms with Crippen LogP contribution < -0.4 is 10.1 Å². The molecule has 5 nitrogen and oxygen atoms in total. The van der Waals surface area contributed by atoms with Gasteiger partial charge in [0.05, 0.1) is 12.3 Å². The van der Waals surface area contributed by atoms with Crippen molar-refractivity contribution in [3.63, 3.8) is 0 Å². The second-order valence-corrected chi connectivity index (χ2v) is 4.74. The number of carbonyl (C=O) groups is 1. The van der Waals surface area contributed by atoms with Crippen LogP contribution in [0.4, 0.5) is 10.5 Å². The number of nitrogens with one attached hydrogen (secondary N) is 1. The summed E-state index contributed by atoms with van der Waals surface area (Å²) >= 11 is 0. The molecule has 0 radical (unpaired) electrons. The molecule has 0 heterocycles. The maximum atomic E-state index is 12.3. The first-order valence-corrected chi connectivity index (χ1v) is 7.01. The number of nitrogens with zero attached hydrogens (tertiary/aromatic N) is 2. The van der Waals surface area contributed by atoms with Crippen molar-refractivity contribution in [1.29, 1.82) is 0 Å². The molecule has 112 valence electrons. The van der Waals surface area contributed by atoms with Crippen LogP contribution >= 0.6 is 0 Å². The normalized spacial score (nSPS) is 10.4. The molecule has 0 saturated heterocycles. The molecule has 0 aliphatic heterocycles. The molecular formula is C15H25N3O2. The lowest BCUT2D eigenvalue weighted by Gasteiger charge is -2.23. The fraction of sp³-hybridized carbons (Fsp3) is 0.533. The lowest BCUT2D eigenvalue weighted by Crippen LogP contribution is -2.39. The molecule has 0 unspecified atom stereocenters. The van der Waals surface area contributed by atoms with Gasteiger partial charge in [-0.1, -0.05) is 12.1 Å². The lowest BCUT2D eigenvalue weighted by molar-refractivity contribution is 0.208. The van der Waals surface area contributed by atoms with Crippen molar-refractivity contribution in [1.82, 2.24) is 9.80 Å². The molecule has 1 rings (SSSR count). The zero-order valence-corrected chi connectivity index (χ0v) is 12.8. The van der Waals surface area contributed by atoms with Crippen LogP contribution in [0.25, 0.3) is 0 Å². The Kier molecular flexibility index (Phi) is 6.87. The molecule has 0 spiro atoms. The van der Waals surface area contributed by atoms with Crippen LogP contribution in [0.3, 0.4) is 0 Å². The highest BCUT2D eigenvalue weighted by Crippen LogP contribution is 2.23. The second kappa shape index (κ2) is 8.43. The third-order valence-electron chi connectivity index (χ3n) is 2.91. The summed E-state index contributed by atoms with van der Waals surface area (Å²) in [5.74, 6) is 0.701. The van der Waals surface area contributed by atoms with Crippen LogP contribution in [-0.4, -0.2) is 56.2 Å². The first kappa shape index (κ1) is 16.3. The Bertz CT molecular complexity index is 421. The van der Waals surface area contributed by atoms with Crippen LogP contribution in [0.2, 0.25) is 0 Å². The van der Waals surface area contributed by atoms with Crippen LogP contribution in [0.5, 0.6) is 5.75 Å². The van der Waals surface area contributed by atoms with E-state index in [0.29, 0.717) is 31.1 Å². The standard InChI is InChI=1S/C15H25N3O2/c1-5-18(12-11-17(3)4)15(19)16-13-9-7-8-10-14(13)20-6-2/h7-10H,5-6,11-12H2,1-4H3,(H,16,19). The maximum absolute atomic E-state index is 12.3. The van der Waals surface area contributed by atoms with E-state index in [4.69, 9.17) is 4.74 Å². The Hall–Kier alpha value is -1.75. The number of amides is 2. The Labute approximate surface area is 121 Å². The molecule has 20 heavy (non-hydrogen) atoms. The van der Waals surface area contributed by atoms with E-state index < -0.39 is 0 Å². The van der Waals surface area contributed by atoms with E-state index in [0.717, 1.165) is 6.54 Å². The average molecular weight is 279 g/mol. The summed E-state index contributed by atoms with van der Waals surface area (Å²) in [7, 11) is 3.99. The van der Waals surface area contributed by atoms with E-state index in [1.165, 1.54) is 0 Å². The molecule has 0 atom stereocenters. The predicted molar refractivity (Wildman–Crippen MR) is 82.4 cm³/mol. The highest BCUT2D eigenvalue weighted by Gasteiger charge is 2.13. The van der Waals surface area contributed by atoms with Crippen LogP contribution in [-0.2, 0) is 0 Å². The highest BCUT2D eigenvalue weighted by molar-refractivity contribution is 5.90. The van der Waals surface area contributed by atoms with Gasteiger partial charge in [-0.25, -0.2) is 4.79 Å². The van der Waals surface area contributed by atoms with Crippen molar-refractivity contribution in [3.8, 4) is 5.75 Å². The summed E-state index contributed by atoms with van der Waals surface area (Å²) < 4.78 is 5.51. The Morgan fingerprint density at radius 2 is 1.90 bits per heavy atom. The topological polar surface area (TPSA) is 44.8 Å². The van der Waals surface area contributed by atoms with Crippen LogP contribution in [0, 0.1) is 0 Å². The van der Waals surface area contributed by atoms with Gasteiger partial charge in [0.1, 0.15) is 5.75 Å². The minimum absolute atomic E-state index is 0.0958. The van der Waals surface area contributed by atoms with Crippen molar-refractivity contribution in [2.45, 2.75) is 13.8 Å². The molecule has 0 bridgehead atoms. The SMILES string of the molecule is CCOc1ccccc1NC(=O)N(CC)CCN(C)C. The molecule has 0 fully saturated rings. The van der Waals surface area contributed by atoms with Crippen LogP contribution in [0.15, 0.2) is 24.3 Å². The molecule has 1 N–H and O–H groups in total. The smallest absolute Gasteiger partial charge is 0.321 e. The number of urea groups is 1. The summed E-state index contributed by atoms with van der Waals surface area (Å²) in [6, 6.07) is 7.39. The number of ether oxygens (including phenoxy) is 1. The number of rotatable bonds is 7. The molecule has 5 heteroatoms. The Morgan fingerprint density at radius 1 is 1.20 bits per heavy atom. The molecule has 1 aromatic carbocycles. The first-order valence-electron chi connectivity index (χ1n) is 7.01. The third-order valence-corrected chi connectivity index (χ3v) is 2.91. The summed E-state index contributed by atoms with van der Waals surface area (Å²) in [5, 5.41) is 2.91. The van der Waals surface area contributed by atoms with E-state index in [9.17, 15) is 4.79 Å². The average Bonchev–Trinajstić information content (AvgIpc) is 2.41. The number of benzene rings is 1. The fourth-order valence-corrected chi connectivity index (χ4v) is 1.77.